The summed E-state index contributed by atoms with van der Waals surface area (Å²) in [4.78, 5) is 11.4. The van der Waals surface area contributed by atoms with Crippen LogP contribution in [0.15, 0.2) is 45.7 Å². The van der Waals surface area contributed by atoms with Gasteiger partial charge in [-0.15, -0.1) is 0 Å². The largest absolute Gasteiger partial charge is 0.486 e. The molecule has 0 bridgehead atoms. The Morgan fingerprint density at radius 1 is 1.14 bits per heavy atom. The van der Waals surface area contributed by atoms with Gasteiger partial charge < -0.3 is 13.9 Å². The van der Waals surface area contributed by atoms with Gasteiger partial charge in [-0.05, 0) is 36.4 Å². The Morgan fingerprint density at radius 2 is 1.81 bits per heavy atom. The van der Waals surface area contributed by atoms with E-state index in [9.17, 15) is 13.2 Å². The predicted octanol–water partition coefficient (Wildman–Crippen LogP) is 2.05. The van der Waals surface area contributed by atoms with E-state index in [-0.39, 0.29) is 17.3 Å². The number of ether oxygens (including phenoxy) is 2. The zero-order chi connectivity index (χ0) is 15.5. The molecular weight excluding hydrogens is 296 g/mol. The number of carbonyl (C=O) groups excluding carboxylic acids is 1. The molecule has 0 amide bonds. The van der Waals surface area contributed by atoms with Gasteiger partial charge in [0.1, 0.15) is 18.1 Å². The van der Waals surface area contributed by atoms with Crippen molar-refractivity contribution < 1.29 is 27.1 Å². The summed E-state index contributed by atoms with van der Waals surface area (Å²) in [6.07, 6.45) is 1.14. The molecule has 7 heteroatoms. The molecular formula is C14H14O6S. The summed E-state index contributed by atoms with van der Waals surface area (Å²) in [5, 5.41) is 0. The minimum Gasteiger partial charge on any atom is -0.486 e. The van der Waals surface area contributed by atoms with Crippen LogP contribution < -0.4 is 4.74 Å². The average Bonchev–Trinajstić information content (AvgIpc) is 2.92. The maximum atomic E-state index is 11.3. The number of hydrogen-bond donors (Lipinski definition) is 0. The molecule has 21 heavy (non-hydrogen) atoms. The molecule has 0 fully saturated rings. The van der Waals surface area contributed by atoms with Crippen LogP contribution >= 0.6 is 0 Å². The summed E-state index contributed by atoms with van der Waals surface area (Å²) in [7, 11) is -1.95. The molecule has 0 saturated heterocycles. The van der Waals surface area contributed by atoms with Gasteiger partial charge in [0.05, 0.1) is 12.0 Å². The first-order chi connectivity index (χ1) is 9.90. The maximum Gasteiger partial charge on any atom is 0.373 e. The standard InChI is InChI=1S/C14H14O6S/c1-18-14(15)13-8-5-11(20-13)9-19-10-3-6-12(7-4-10)21(2,16)17/h3-8H,9H2,1-2H3. The van der Waals surface area contributed by atoms with Crippen molar-refractivity contribution in [2.75, 3.05) is 13.4 Å². The SMILES string of the molecule is COC(=O)c1ccc(COc2ccc(S(C)(=O)=O)cc2)o1. The Kier molecular flexibility index (Phi) is 4.32. The quantitative estimate of drug-likeness (QED) is 0.786. The molecule has 0 aliphatic rings. The Balaban J connectivity index is 2.00. The molecule has 2 aromatic rings. The molecule has 0 atom stereocenters. The van der Waals surface area contributed by atoms with Gasteiger partial charge in [-0.25, -0.2) is 13.2 Å². The number of furan rings is 1. The number of methoxy groups -OCH3 is 1. The molecule has 1 aromatic heterocycles. The number of hydrogen-bond acceptors (Lipinski definition) is 6. The summed E-state index contributed by atoms with van der Waals surface area (Å²) >= 11 is 0. The van der Waals surface area contributed by atoms with E-state index in [0.29, 0.717) is 11.5 Å². The molecule has 0 aliphatic carbocycles. The lowest BCUT2D eigenvalue weighted by atomic mass is 10.3. The van der Waals surface area contributed by atoms with Crippen LogP contribution in [-0.2, 0) is 21.2 Å². The molecule has 0 radical (unpaired) electrons. The summed E-state index contributed by atoms with van der Waals surface area (Å²) in [5.41, 5.74) is 0. The van der Waals surface area contributed by atoms with Gasteiger partial charge in [0.2, 0.25) is 5.76 Å². The molecule has 0 spiro atoms. The molecule has 0 N–H and O–H groups in total. The molecule has 1 heterocycles. The first-order valence-corrected chi connectivity index (χ1v) is 7.89. The van der Waals surface area contributed by atoms with Crippen LogP contribution in [0.3, 0.4) is 0 Å². The van der Waals surface area contributed by atoms with Gasteiger partial charge >= 0.3 is 5.97 Å². The van der Waals surface area contributed by atoms with E-state index in [4.69, 9.17) is 9.15 Å². The van der Waals surface area contributed by atoms with Crippen molar-refractivity contribution in [2.24, 2.45) is 0 Å². The van der Waals surface area contributed by atoms with Crippen molar-refractivity contribution in [3.8, 4) is 5.75 Å². The highest BCUT2D eigenvalue weighted by molar-refractivity contribution is 7.90. The van der Waals surface area contributed by atoms with E-state index in [1.807, 2.05) is 0 Å². The molecule has 0 unspecified atom stereocenters. The van der Waals surface area contributed by atoms with E-state index in [0.717, 1.165) is 6.26 Å². The topological polar surface area (TPSA) is 82.8 Å². The van der Waals surface area contributed by atoms with Crippen LogP contribution in [0.25, 0.3) is 0 Å². The van der Waals surface area contributed by atoms with E-state index < -0.39 is 15.8 Å². The van der Waals surface area contributed by atoms with Crippen molar-refractivity contribution in [2.45, 2.75) is 11.5 Å². The third-order valence-corrected chi connectivity index (χ3v) is 3.81. The van der Waals surface area contributed by atoms with Crippen LogP contribution in [0.5, 0.6) is 5.75 Å². The first kappa shape index (κ1) is 15.1. The second-order valence-corrected chi connectivity index (χ2v) is 6.31. The Labute approximate surface area is 122 Å². The van der Waals surface area contributed by atoms with Crippen LogP contribution in [0.1, 0.15) is 16.3 Å². The number of carbonyl (C=O) groups is 1. The van der Waals surface area contributed by atoms with Gasteiger partial charge in [-0.1, -0.05) is 0 Å². The fraction of sp³-hybridized carbons (Fsp3) is 0.214. The number of esters is 1. The zero-order valence-corrected chi connectivity index (χ0v) is 12.3. The third kappa shape index (κ3) is 3.85. The fourth-order valence-corrected chi connectivity index (χ4v) is 2.23. The maximum absolute atomic E-state index is 11.3. The van der Waals surface area contributed by atoms with Crippen LogP contribution in [0.4, 0.5) is 0 Å². The highest BCUT2D eigenvalue weighted by atomic mass is 32.2. The minimum atomic E-state index is -3.22. The van der Waals surface area contributed by atoms with Crippen molar-refractivity contribution in [3.63, 3.8) is 0 Å². The van der Waals surface area contributed by atoms with Crippen molar-refractivity contribution >= 4 is 15.8 Å². The van der Waals surface area contributed by atoms with E-state index >= 15 is 0 Å². The smallest absolute Gasteiger partial charge is 0.373 e. The summed E-state index contributed by atoms with van der Waals surface area (Å²) in [6.45, 7) is 0.120. The summed E-state index contributed by atoms with van der Waals surface area (Å²) in [6, 6.07) is 9.15. The molecule has 6 nitrogen and oxygen atoms in total. The second-order valence-electron chi connectivity index (χ2n) is 4.29. The Hall–Kier alpha value is -2.28. The van der Waals surface area contributed by atoms with E-state index in [1.165, 1.54) is 25.3 Å². The Bertz CT molecular complexity index is 727. The summed E-state index contributed by atoms with van der Waals surface area (Å²) in [5.74, 6) is 0.503. The molecule has 0 saturated carbocycles. The highest BCUT2D eigenvalue weighted by Crippen LogP contribution is 2.18. The fourth-order valence-electron chi connectivity index (χ4n) is 1.60. The average molecular weight is 310 g/mol. The van der Waals surface area contributed by atoms with Crippen molar-refractivity contribution in [3.05, 3.63) is 47.9 Å². The van der Waals surface area contributed by atoms with Crippen LogP contribution in [-0.4, -0.2) is 27.8 Å². The molecule has 2 rings (SSSR count). The van der Waals surface area contributed by atoms with Crippen molar-refractivity contribution in [1.29, 1.82) is 0 Å². The lowest BCUT2D eigenvalue weighted by Gasteiger charge is -2.05. The Morgan fingerprint density at radius 3 is 2.38 bits per heavy atom. The van der Waals surface area contributed by atoms with Gasteiger partial charge in [0.25, 0.3) is 0 Å². The number of rotatable bonds is 5. The number of sulfone groups is 1. The first-order valence-electron chi connectivity index (χ1n) is 6.00. The second kappa shape index (κ2) is 6.01. The number of benzene rings is 1. The lowest BCUT2D eigenvalue weighted by molar-refractivity contribution is 0.0561. The monoisotopic (exact) mass is 310 g/mol. The normalized spacial score (nSPS) is 11.1. The highest BCUT2D eigenvalue weighted by Gasteiger charge is 2.11. The molecule has 112 valence electrons. The van der Waals surface area contributed by atoms with Crippen LogP contribution in [0.2, 0.25) is 0 Å². The van der Waals surface area contributed by atoms with E-state index in [2.05, 4.69) is 4.74 Å². The molecule has 0 aliphatic heterocycles. The van der Waals surface area contributed by atoms with Gasteiger partial charge in [0.15, 0.2) is 9.84 Å². The predicted molar refractivity (Wildman–Crippen MR) is 73.9 cm³/mol. The third-order valence-electron chi connectivity index (χ3n) is 2.68. The molecule has 1 aromatic carbocycles. The van der Waals surface area contributed by atoms with Crippen molar-refractivity contribution in [1.82, 2.24) is 0 Å². The van der Waals surface area contributed by atoms with Gasteiger partial charge in [-0.2, -0.15) is 0 Å². The van der Waals surface area contributed by atoms with Gasteiger partial charge in [0, 0.05) is 6.26 Å². The zero-order valence-electron chi connectivity index (χ0n) is 11.5. The van der Waals surface area contributed by atoms with Gasteiger partial charge in [-0.3, -0.25) is 0 Å². The summed E-state index contributed by atoms with van der Waals surface area (Å²) < 4.78 is 37.9. The van der Waals surface area contributed by atoms with Crippen LogP contribution in [0, 0.1) is 0 Å². The minimum absolute atomic E-state index is 0.100. The lowest BCUT2D eigenvalue weighted by Crippen LogP contribution is -1.99. The van der Waals surface area contributed by atoms with E-state index in [1.54, 1.807) is 18.2 Å².